The Labute approximate surface area is 59.3 Å². The van der Waals surface area contributed by atoms with Crippen molar-refractivity contribution in [2.75, 3.05) is 0 Å². The predicted octanol–water partition coefficient (Wildman–Crippen LogP) is 0.0673. The third-order valence-corrected chi connectivity index (χ3v) is 1.33. The highest BCUT2D eigenvalue weighted by molar-refractivity contribution is 5.21. The average Bonchev–Trinajstić information content (AvgIpc) is 2.30. The lowest BCUT2D eigenvalue weighted by molar-refractivity contribution is 0.467. The van der Waals surface area contributed by atoms with Gasteiger partial charge in [-0.05, 0) is 6.92 Å². The van der Waals surface area contributed by atoms with Gasteiger partial charge in [-0.3, -0.25) is 4.68 Å². The summed E-state index contributed by atoms with van der Waals surface area (Å²) in [4.78, 5) is 0. The molecule has 0 saturated carbocycles. The lowest BCUT2D eigenvalue weighted by Gasteiger charge is -1.89. The van der Waals surface area contributed by atoms with Gasteiger partial charge in [0.25, 0.3) is 0 Å². The van der Waals surface area contributed by atoms with Crippen LogP contribution in [-0.4, -0.2) is 14.9 Å². The molecule has 3 N–H and O–H groups in total. The maximum absolute atomic E-state index is 9.10. The van der Waals surface area contributed by atoms with Crippen LogP contribution in [0, 0.1) is 0 Å². The monoisotopic (exact) mass is 141 g/mol. The van der Waals surface area contributed by atoms with Crippen LogP contribution < -0.4 is 5.73 Å². The Morgan fingerprint density at radius 2 is 2.50 bits per heavy atom. The molecule has 0 spiro atoms. The molecule has 0 aliphatic heterocycles. The zero-order valence-corrected chi connectivity index (χ0v) is 5.91. The molecule has 1 aromatic heterocycles. The minimum Gasteiger partial charge on any atom is -0.504 e. The molecule has 56 valence electrons. The van der Waals surface area contributed by atoms with Gasteiger partial charge in [-0.2, -0.15) is 5.10 Å². The van der Waals surface area contributed by atoms with Crippen LogP contribution in [-0.2, 0) is 13.1 Å². The van der Waals surface area contributed by atoms with Crippen molar-refractivity contribution in [3.63, 3.8) is 0 Å². The Morgan fingerprint density at radius 3 is 2.80 bits per heavy atom. The molecule has 0 bridgehead atoms. The van der Waals surface area contributed by atoms with E-state index in [4.69, 9.17) is 10.8 Å². The lowest BCUT2D eigenvalue weighted by Crippen LogP contribution is -2.00. The van der Waals surface area contributed by atoms with Crippen molar-refractivity contribution in [3.8, 4) is 5.75 Å². The first-order valence-corrected chi connectivity index (χ1v) is 3.23. The predicted molar refractivity (Wildman–Crippen MR) is 37.5 cm³/mol. The molecule has 0 saturated heterocycles. The molecular formula is C6H11N3O. The molecule has 0 aromatic carbocycles. The summed E-state index contributed by atoms with van der Waals surface area (Å²) in [6.07, 6.45) is 1.57. The van der Waals surface area contributed by atoms with Crippen LogP contribution in [0.5, 0.6) is 5.75 Å². The van der Waals surface area contributed by atoms with Crippen LogP contribution in [0.2, 0.25) is 0 Å². The molecule has 10 heavy (non-hydrogen) atoms. The number of aromatic nitrogens is 2. The minimum absolute atomic E-state index is 0.185. The van der Waals surface area contributed by atoms with E-state index in [1.807, 2.05) is 6.92 Å². The van der Waals surface area contributed by atoms with Crippen molar-refractivity contribution in [2.24, 2.45) is 5.73 Å². The Hall–Kier alpha value is -1.03. The van der Waals surface area contributed by atoms with E-state index < -0.39 is 0 Å². The van der Waals surface area contributed by atoms with Crippen molar-refractivity contribution in [1.29, 1.82) is 0 Å². The lowest BCUT2D eigenvalue weighted by atomic mass is 10.4. The molecule has 0 fully saturated rings. The second kappa shape index (κ2) is 2.70. The Balaban J connectivity index is 2.92. The van der Waals surface area contributed by atoms with E-state index in [1.54, 1.807) is 10.9 Å². The van der Waals surface area contributed by atoms with Crippen LogP contribution in [0.25, 0.3) is 0 Å². The van der Waals surface area contributed by atoms with E-state index in [2.05, 4.69) is 5.10 Å². The summed E-state index contributed by atoms with van der Waals surface area (Å²) in [6, 6.07) is 0. The van der Waals surface area contributed by atoms with Gasteiger partial charge in [0.05, 0.1) is 6.20 Å². The molecule has 1 aromatic rings. The fourth-order valence-electron chi connectivity index (χ4n) is 0.758. The number of nitrogens with zero attached hydrogens (tertiary/aromatic N) is 2. The Morgan fingerprint density at radius 1 is 1.80 bits per heavy atom. The summed E-state index contributed by atoms with van der Waals surface area (Å²) in [5.41, 5.74) is 5.84. The van der Waals surface area contributed by atoms with Gasteiger partial charge < -0.3 is 10.8 Å². The van der Waals surface area contributed by atoms with Crippen LogP contribution >= 0.6 is 0 Å². The van der Waals surface area contributed by atoms with Gasteiger partial charge in [0.2, 0.25) is 0 Å². The highest BCUT2D eigenvalue weighted by Gasteiger charge is 2.02. The van der Waals surface area contributed by atoms with Crippen molar-refractivity contribution >= 4 is 0 Å². The molecular weight excluding hydrogens is 130 g/mol. The van der Waals surface area contributed by atoms with E-state index in [9.17, 15) is 0 Å². The second-order valence-corrected chi connectivity index (χ2v) is 2.02. The van der Waals surface area contributed by atoms with Crippen LogP contribution in [0.4, 0.5) is 0 Å². The molecule has 0 aliphatic rings. The molecule has 0 aliphatic carbocycles. The Kier molecular flexibility index (Phi) is 1.91. The number of rotatable bonds is 2. The van der Waals surface area contributed by atoms with E-state index in [-0.39, 0.29) is 5.75 Å². The first kappa shape index (κ1) is 7.08. The van der Waals surface area contributed by atoms with Gasteiger partial charge in [0.15, 0.2) is 5.75 Å². The summed E-state index contributed by atoms with van der Waals surface area (Å²) < 4.78 is 1.65. The van der Waals surface area contributed by atoms with E-state index in [1.165, 1.54) is 0 Å². The highest BCUT2D eigenvalue weighted by Crippen LogP contribution is 2.12. The van der Waals surface area contributed by atoms with Gasteiger partial charge in [0, 0.05) is 13.1 Å². The molecule has 0 radical (unpaired) electrons. The van der Waals surface area contributed by atoms with Gasteiger partial charge in [0.1, 0.15) is 5.69 Å². The smallest absolute Gasteiger partial charge is 0.158 e. The topological polar surface area (TPSA) is 64.1 Å². The minimum atomic E-state index is 0.185. The molecule has 4 heteroatoms. The van der Waals surface area contributed by atoms with Crippen molar-refractivity contribution in [1.82, 2.24) is 9.78 Å². The molecule has 0 atom stereocenters. The quantitative estimate of drug-likeness (QED) is 0.612. The summed E-state index contributed by atoms with van der Waals surface area (Å²) in [5, 5.41) is 13.1. The average molecular weight is 141 g/mol. The van der Waals surface area contributed by atoms with Gasteiger partial charge >= 0.3 is 0 Å². The third kappa shape index (κ3) is 1.11. The maximum atomic E-state index is 9.10. The summed E-state index contributed by atoms with van der Waals surface area (Å²) in [6.45, 7) is 3.00. The standard InChI is InChI=1S/C6H11N3O/c1-2-9-4-6(10)5(3-7)8-9/h4,10H,2-3,7H2,1H3. The number of aryl methyl sites for hydroxylation is 1. The van der Waals surface area contributed by atoms with Crippen LogP contribution in [0.3, 0.4) is 0 Å². The van der Waals surface area contributed by atoms with E-state index >= 15 is 0 Å². The summed E-state index contributed by atoms with van der Waals surface area (Å²) in [5.74, 6) is 0.185. The Bertz CT molecular complexity index is 219. The molecule has 1 rings (SSSR count). The van der Waals surface area contributed by atoms with Gasteiger partial charge in [-0.1, -0.05) is 0 Å². The number of hydrogen-bond donors (Lipinski definition) is 2. The summed E-state index contributed by atoms with van der Waals surface area (Å²) >= 11 is 0. The first-order valence-electron chi connectivity index (χ1n) is 3.23. The van der Waals surface area contributed by atoms with Crippen LogP contribution in [0.1, 0.15) is 12.6 Å². The fourth-order valence-corrected chi connectivity index (χ4v) is 0.758. The maximum Gasteiger partial charge on any atom is 0.158 e. The number of hydrogen-bond acceptors (Lipinski definition) is 3. The van der Waals surface area contributed by atoms with Crippen molar-refractivity contribution < 1.29 is 5.11 Å². The van der Waals surface area contributed by atoms with Crippen molar-refractivity contribution in [3.05, 3.63) is 11.9 Å². The zero-order valence-electron chi connectivity index (χ0n) is 5.91. The first-order chi connectivity index (χ1) is 4.77. The fraction of sp³-hybridized carbons (Fsp3) is 0.500. The van der Waals surface area contributed by atoms with Gasteiger partial charge in [-0.15, -0.1) is 0 Å². The number of aromatic hydroxyl groups is 1. The SMILES string of the molecule is CCn1cc(O)c(CN)n1. The molecule has 1 heterocycles. The largest absolute Gasteiger partial charge is 0.504 e. The molecule has 0 amide bonds. The second-order valence-electron chi connectivity index (χ2n) is 2.02. The third-order valence-electron chi connectivity index (χ3n) is 1.33. The highest BCUT2D eigenvalue weighted by atomic mass is 16.3. The van der Waals surface area contributed by atoms with Crippen LogP contribution in [0.15, 0.2) is 6.20 Å². The van der Waals surface area contributed by atoms with E-state index in [0.29, 0.717) is 12.2 Å². The van der Waals surface area contributed by atoms with Gasteiger partial charge in [-0.25, -0.2) is 0 Å². The van der Waals surface area contributed by atoms with E-state index in [0.717, 1.165) is 6.54 Å². The number of nitrogens with two attached hydrogens (primary N) is 1. The summed E-state index contributed by atoms with van der Waals surface area (Å²) in [7, 11) is 0. The normalized spacial score (nSPS) is 10.2. The zero-order chi connectivity index (χ0) is 7.56. The van der Waals surface area contributed by atoms with Crippen molar-refractivity contribution in [2.45, 2.75) is 20.0 Å². The molecule has 4 nitrogen and oxygen atoms in total. The molecule has 0 unspecified atom stereocenters.